The quantitative estimate of drug-likeness (QED) is 0.226. The van der Waals surface area contributed by atoms with Gasteiger partial charge in [-0.3, -0.25) is 9.69 Å². The molecule has 0 unspecified atom stereocenters. The van der Waals surface area contributed by atoms with Gasteiger partial charge in [-0.05, 0) is 55.3 Å². The minimum atomic E-state index is -0.0621. The van der Waals surface area contributed by atoms with E-state index in [-0.39, 0.29) is 29.9 Å². The number of guanidine groups is 1. The third kappa shape index (κ3) is 9.56. The van der Waals surface area contributed by atoms with Crippen LogP contribution >= 0.6 is 24.0 Å². The number of hydrogen-bond donors (Lipinski definition) is 3. The summed E-state index contributed by atoms with van der Waals surface area (Å²) in [6.45, 7) is 11.7. The fourth-order valence-corrected chi connectivity index (χ4v) is 3.38. The molecule has 2 aromatic rings. The van der Waals surface area contributed by atoms with Crippen molar-refractivity contribution in [3.05, 3.63) is 70.8 Å². The molecule has 6 nitrogen and oxygen atoms in total. The van der Waals surface area contributed by atoms with E-state index in [9.17, 15) is 4.79 Å². The van der Waals surface area contributed by atoms with E-state index in [1.807, 2.05) is 24.3 Å². The summed E-state index contributed by atoms with van der Waals surface area (Å²) in [5, 5.41) is 9.37. The van der Waals surface area contributed by atoms with Crippen LogP contribution < -0.4 is 16.0 Å². The Balaban J connectivity index is 0.00000512. The van der Waals surface area contributed by atoms with E-state index < -0.39 is 0 Å². The molecule has 0 fully saturated rings. The number of halogens is 1. The molecule has 0 radical (unpaired) electrons. The number of nitrogens with zero attached hydrogens (tertiary/aromatic N) is 2. The highest BCUT2D eigenvalue weighted by Gasteiger charge is 2.05. The van der Waals surface area contributed by atoms with E-state index in [0.717, 1.165) is 50.7 Å². The van der Waals surface area contributed by atoms with Gasteiger partial charge in [0, 0.05) is 32.2 Å². The Morgan fingerprint density at radius 2 is 1.62 bits per heavy atom. The van der Waals surface area contributed by atoms with Gasteiger partial charge in [0.1, 0.15) is 0 Å². The smallest absolute Gasteiger partial charge is 0.251 e. The van der Waals surface area contributed by atoms with Crippen LogP contribution in [0.15, 0.2) is 53.5 Å². The number of rotatable bonds is 11. The Bertz CT molecular complexity index is 852. The maximum Gasteiger partial charge on any atom is 0.251 e. The van der Waals surface area contributed by atoms with Gasteiger partial charge in [-0.15, -0.1) is 24.0 Å². The van der Waals surface area contributed by atoms with Crippen LogP contribution in [0.3, 0.4) is 0 Å². The number of carbonyl (C=O) groups excluding carboxylic acids is 1. The lowest BCUT2D eigenvalue weighted by Crippen LogP contribution is -2.38. The van der Waals surface area contributed by atoms with Crippen molar-refractivity contribution in [3.63, 3.8) is 0 Å². The topological polar surface area (TPSA) is 68.8 Å². The second kappa shape index (κ2) is 15.6. The van der Waals surface area contributed by atoms with Crippen LogP contribution in [0.1, 0.15) is 47.8 Å². The first-order chi connectivity index (χ1) is 15.1. The molecule has 7 heteroatoms. The van der Waals surface area contributed by atoms with Gasteiger partial charge in [0.05, 0.1) is 6.54 Å². The zero-order valence-corrected chi connectivity index (χ0v) is 22.1. The van der Waals surface area contributed by atoms with E-state index in [1.54, 1.807) is 7.05 Å². The molecule has 0 aliphatic rings. The lowest BCUT2D eigenvalue weighted by atomic mass is 10.1. The molecule has 32 heavy (non-hydrogen) atoms. The Hall–Kier alpha value is -2.13. The summed E-state index contributed by atoms with van der Waals surface area (Å²) < 4.78 is 0. The van der Waals surface area contributed by atoms with E-state index in [1.165, 1.54) is 11.1 Å². The summed E-state index contributed by atoms with van der Waals surface area (Å²) in [4.78, 5) is 19.0. The highest BCUT2D eigenvalue weighted by Crippen LogP contribution is 2.10. The standard InChI is InChI=1S/C25H37N5O.HI/c1-5-27-25(28-15-14-20-10-9-13-23(17-20)24(31)26-4)29-18-21-11-8-12-22(16-21)19-30(6-2)7-3;/h8-13,16-17H,5-7,14-15,18-19H2,1-4H3,(H,26,31)(H2,27,28,29);1H. The number of aliphatic imine (C=N–C) groups is 1. The lowest BCUT2D eigenvalue weighted by Gasteiger charge is -2.18. The van der Waals surface area contributed by atoms with Crippen molar-refractivity contribution in [2.45, 2.75) is 40.3 Å². The van der Waals surface area contributed by atoms with Gasteiger partial charge in [0.2, 0.25) is 0 Å². The van der Waals surface area contributed by atoms with E-state index in [2.05, 4.69) is 65.9 Å². The monoisotopic (exact) mass is 551 g/mol. The largest absolute Gasteiger partial charge is 0.357 e. The van der Waals surface area contributed by atoms with Gasteiger partial charge in [0.15, 0.2) is 5.96 Å². The second-order valence-corrected chi connectivity index (χ2v) is 7.43. The van der Waals surface area contributed by atoms with Crippen LogP contribution in [0.5, 0.6) is 0 Å². The summed E-state index contributed by atoms with van der Waals surface area (Å²) in [5.74, 6) is 0.743. The zero-order chi connectivity index (χ0) is 22.5. The van der Waals surface area contributed by atoms with Crippen molar-refractivity contribution in [3.8, 4) is 0 Å². The Labute approximate surface area is 210 Å². The van der Waals surface area contributed by atoms with Crippen molar-refractivity contribution in [2.75, 3.05) is 33.2 Å². The average molecular weight is 552 g/mol. The number of amides is 1. The molecule has 0 aliphatic heterocycles. The first-order valence-electron chi connectivity index (χ1n) is 11.2. The van der Waals surface area contributed by atoms with Crippen LogP contribution in [-0.2, 0) is 19.5 Å². The molecule has 3 N–H and O–H groups in total. The summed E-state index contributed by atoms with van der Waals surface area (Å²) in [7, 11) is 1.65. The molecule has 0 atom stereocenters. The van der Waals surface area contributed by atoms with Crippen LogP contribution in [0, 0.1) is 0 Å². The van der Waals surface area contributed by atoms with Crippen LogP contribution in [-0.4, -0.2) is 50.0 Å². The SMILES string of the molecule is CCNC(=NCc1cccc(CN(CC)CC)c1)NCCc1cccc(C(=O)NC)c1.I. The molecule has 2 aromatic carbocycles. The number of carbonyl (C=O) groups is 1. The molecule has 0 saturated carbocycles. The lowest BCUT2D eigenvalue weighted by molar-refractivity contribution is 0.0963. The third-order valence-electron chi connectivity index (χ3n) is 5.18. The van der Waals surface area contributed by atoms with Gasteiger partial charge in [-0.25, -0.2) is 4.99 Å². The first-order valence-corrected chi connectivity index (χ1v) is 11.2. The summed E-state index contributed by atoms with van der Waals surface area (Å²) in [6.07, 6.45) is 0.814. The number of hydrogen-bond acceptors (Lipinski definition) is 3. The molecule has 0 saturated heterocycles. The van der Waals surface area contributed by atoms with E-state index in [4.69, 9.17) is 4.99 Å². The van der Waals surface area contributed by atoms with Crippen molar-refractivity contribution in [1.82, 2.24) is 20.9 Å². The van der Waals surface area contributed by atoms with Crippen molar-refractivity contribution in [2.24, 2.45) is 4.99 Å². The maximum absolute atomic E-state index is 11.8. The number of benzene rings is 2. The summed E-state index contributed by atoms with van der Waals surface area (Å²) in [6, 6.07) is 16.4. The van der Waals surface area contributed by atoms with E-state index >= 15 is 0 Å². The Morgan fingerprint density at radius 1 is 0.938 bits per heavy atom. The average Bonchev–Trinajstić information content (AvgIpc) is 2.81. The van der Waals surface area contributed by atoms with Crippen molar-refractivity contribution in [1.29, 1.82) is 0 Å². The highest BCUT2D eigenvalue weighted by atomic mass is 127. The molecule has 1 amide bonds. The van der Waals surface area contributed by atoms with E-state index in [0.29, 0.717) is 12.1 Å². The van der Waals surface area contributed by atoms with Crippen molar-refractivity contribution >= 4 is 35.8 Å². The first kappa shape index (κ1) is 27.9. The molecule has 0 spiro atoms. The van der Waals surface area contributed by atoms with Gasteiger partial charge in [-0.1, -0.05) is 50.2 Å². The molecule has 0 aromatic heterocycles. The van der Waals surface area contributed by atoms with Crippen LogP contribution in [0.2, 0.25) is 0 Å². The summed E-state index contributed by atoms with van der Waals surface area (Å²) >= 11 is 0. The van der Waals surface area contributed by atoms with Crippen LogP contribution in [0.25, 0.3) is 0 Å². The second-order valence-electron chi connectivity index (χ2n) is 7.43. The minimum Gasteiger partial charge on any atom is -0.357 e. The molecule has 176 valence electrons. The van der Waals surface area contributed by atoms with Crippen LogP contribution in [0.4, 0.5) is 0 Å². The molecule has 0 aliphatic carbocycles. The molecular formula is C25H38IN5O. The number of nitrogens with one attached hydrogen (secondary N) is 3. The van der Waals surface area contributed by atoms with Gasteiger partial charge < -0.3 is 16.0 Å². The normalized spacial score (nSPS) is 11.1. The predicted octanol–water partition coefficient (Wildman–Crippen LogP) is 3.80. The molecule has 2 rings (SSSR count). The van der Waals surface area contributed by atoms with Gasteiger partial charge in [0.25, 0.3) is 5.91 Å². The minimum absolute atomic E-state index is 0. The Kier molecular flexibility index (Phi) is 13.6. The molecule has 0 bridgehead atoms. The highest BCUT2D eigenvalue weighted by molar-refractivity contribution is 14.0. The molecule has 0 heterocycles. The van der Waals surface area contributed by atoms with Gasteiger partial charge in [-0.2, -0.15) is 0 Å². The fraction of sp³-hybridized carbons (Fsp3) is 0.440. The third-order valence-corrected chi connectivity index (χ3v) is 5.18. The van der Waals surface area contributed by atoms with Crippen molar-refractivity contribution < 1.29 is 4.79 Å². The fourth-order valence-electron chi connectivity index (χ4n) is 3.38. The summed E-state index contributed by atoms with van der Waals surface area (Å²) in [5.41, 5.74) is 4.34. The Morgan fingerprint density at radius 3 is 2.31 bits per heavy atom. The molecular weight excluding hydrogens is 513 g/mol. The zero-order valence-electron chi connectivity index (χ0n) is 19.8. The predicted molar refractivity (Wildman–Crippen MR) is 145 cm³/mol. The van der Waals surface area contributed by atoms with Gasteiger partial charge >= 0.3 is 0 Å². The maximum atomic E-state index is 11.8.